The zero-order valence-electron chi connectivity index (χ0n) is 13.8. The number of aromatic nitrogens is 2. The second-order valence-electron chi connectivity index (χ2n) is 5.52. The van der Waals surface area contributed by atoms with Crippen LogP contribution in [0.25, 0.3) is 0 Å². The van der Waals surface area contributed by atoms with Crippen LogP contribution in [0.5, 0.6) is 0 Å². The van der Waals surface area contributed by atoms with E-state index >= 15 is 0 Å². The van der Waals surface area contributed by atoms with Crippen molar-refractivity contribution in [1.82, 2.24) is 9.97 Å². The van der Waals surface area contributed by atoms with Crippen LogP contribution in [0.2, 0.25) is 5.02 Å². The fourth-order valence-corrected chi connectivity index (χ4v) is 2.54. The van der Waals surface area contributed by atoms with Crippen molar-refractivity contribution in [2.75, 3.05) is 10.6 Å². The Kier molecular flexibility index (Phi) is 5.11. The van der Waals surface area contributed by atoms with Gasteiger partial charge in [-0.25, -0.2) is 9.97 Å². The maximum Gasteiger partial charge on any atom is 0.274 e. The van der Waals surface area contributed by atoms with E-state index in [9.17, 15) is 4.79 Å². The maximum atomic E-state index is 12.4. The zero-order valence-corrected chi connectivity index (χ0v) is 14.6. The third-order valence-corrected chi connectivity index (χ3v) is 3.84. The number of rotatable bonds is 4. The molecule has 2 N–H and O–H groups in total. The summed E-state index contributed by atoms with van der Waals surface area (Å²) in [6.45, 7) is 1.92. The van der Waals surface area contributed by atoms with Gasteiger partial charge in [0.05, 0.1) is 11.6 Å². The summed E-state index contributed by atoms with van der Waals surface area (Å²) in [6.07, 6.45) is 1.31. The van der Waals surface area contributed by atoms with E-state index in [1.165, 1.54) is 6.33 Å². The molecule has 0 fully saturated rings. The average molecular weight is 364 g/mol. The number of amides is 1. The molecule has 1 aromatic heterocycles. The molecule has 3 aromatic rings. The highest BCUT2D eigenvalue weighted by atomic mass is 35.5. The quantitative estimate of drug-likeness (QED) is 0.720. The van der Waals surface area contributed by atoms with Gasteiger partial charge in [-0.2, -0.15) is 5.26 Å². The molecule has 128 valence electrons. The van der Waals surface area contributed by atoms with Crippen LogP contribution >= 0.6 is 11.6 Å². The minimum absolute atomic E-state index is 0.205. The van der Waals surface area contributed by atoms with Gasteiger partial charge >= 0.3 is 0 Å². The summed E-state index contributed by atoms with van der Waals surface area (Å²) in [7, 11) is 0. The highest BCUT2D eigenvalue weighted by Gasteiger charge is 2.10. The largest absolute Gasteiger partial charge is 0.340 e. The molecule has 3 rings (SSSR count). The minimum atomic E-state index is -0.390. The predicted octanol–water partition coefficient (Wildman–Crippen LogP) is 4.31. The Balaban J connectivity index is 1.78. The van der Waals surface area contributed by atoms with Gasteiger partial charge in [-0.05, 0) is 48.9 Å². The number of halogens is 1. The van der Waals surface area contributed by atoms with Gasteiger partial charge < -0.3 is 10.6 Å². The van der Waals surface area contributed by atoms with Gasteiger partial charge in [0.15, 0.2) is 0 Å². The van der Waals surface area contributed by atoms with Crippen LogP contribution in [0.1, 0.15) is 21.6 Å². The van der Waals surface area contributed by atoms with Gasteiger partial charge in [-0.15, -0.1) is 0 Å². The number of nitrogens with one attached hydrogen (secondary N) is 2. The molecule has 0 aliphatic heterocycles. The van der Waals surface area contributed by atoms with Crippen LogP contribution in [-0.4, -0.2) is 15.9 Å². The first-order valence-corrected chi connectivity index (χ1v) is 8.10. The summed E-state index contributed by atoms with van der Waals surface area (Å²) >= 11 is 5.96. The fourth-order valence-electron chi connectivity index (χ4n) is 2.32. The van der Waals surface area contributed by atoms with Crippen LogP contribution in [0.4, 0.5) is 17.2 Å². The van der Waals surface area contributed by atoms with Crippen LogP contribution in [0.3, 0.4) is 0 Å². The third kappa shape index (κ3) is 4.15. The van der Waals surface area contributed by atoms with E-state index in [1.54, 1.807) is 36.4 Å². The lowest BCUT2D eigenvalue weighted by Crippen LogP contribution is -2.14. The predicted molar refractivity (Wildman–Crippen MR) is 101 cm³/mol. The van der Waals surface area contributed by atoms with Crippen molar-refractivity contribution >= 4 is 34.7 Å². The lowest BCUT2D eigenvalue weighted by Gasteiger charge is -2.10. The molecule has 0 saturated heterocycles. The summed E-state index contributed by atoms with van der Waals surface area (Å²) in [5.74, 6) is 0.0970. The van der Waals surface area contributed by atoms with E-state index in [4.69, 9.17) is 16.9 Å². The van der Waals surface area contributed by atoms with Crippen molar-refractivity contribution in [2.45, 2.75) is 6.92 Å². The van der Waals surface area contributed by atoms with Gasteiger partial charge in [0, 0.05) is 22.5 Å². The van der Waals surface area contributed by atoms with Crippen molar-refractivity contribution in [1.29, 1.82) is 5.26 Å². The molecule has 6 nitrogen and oxygen atoms in total. The minimum Gasteiger partial charge on any atom is -0.340 e. The Labute approximate surface area is 155 Å². The topological polar surface area (TPSA) is 90.7 Å². The molecule has 26 heavy (non-hydrogen) atoms. The first kappa shape index (κ1) is 17.4. The van der Waals surface area contributed by atoms with Crippen LogP contribution in [0, 0.1) is 18.3 Å². The van der Waals surface area contributed by atoms with Crippen molar-refractivity contribution in [2.24, 2.45) is 0 Å². The molecule has 0 aliphatic rings. The summed E-state index contributed by atoms with van der Waals surface area (Å²) < 4.78 is 0. The van der Waals surface area contributed by atoms with E-state index in [-0.39, 0.29) is 5.69 Å². The van der Waals surface area contributed by atoms with Gasteiger partial charge in [0.1, 0.15) is 17.8 Å². The van der Waals surface area contributed by atoms with Gasteiger partial charge in [0.25, 0.3) is 5.91 Å². The molecule has 1 amide bonds. The summed E-state index contributed by atoms with van der Waals surface area (Å²) in [5.41, 5.74) is 2.98. The lowest BCUT2D eigenvalue weighted by molar-refractivity contribution is 0.102. The molecular weight excluding hydrogens is 350 g/mol. The van der Waals surface area contributed by atoms with Crippen molar-refractivity contribution in [3.05, 3.63) is 76.7 Å². The molecule has 0 spiro atoms. The second-order valence-corrected chi connectivity index (χ2v) is 5.96. The molecule has 0 aliphatic carbocycles. The van der Waals surface area contributed by atoms with E-state index in [0.717, 1.165) is 11.3 Å². The number of carbonyl (C=O) groups excluding carboxylic acids is 1. The highest BCUT2D eigenvalue weighted by molar-refractivity contribution is 6.30. The van der Waals surface area contributed by atoms with E-state index in [1.807, 2.05) is 25.1 Å². The number of aryl methyl sites for hydroxylation is 1. The zero-order chi connectivity index (χ0) is 18.5. The highest BCUT2D eigenvalue weighted by Crippen LogP contribution is 2.22. The van der Waals surface area contributed by atoms with Crippen molar-refractivity contribution < 1.29 is 4.79 Å². The number of benzene rings is 2. The first-order chi connectivity index (χ1) is 12.5. The SMILES string of the molecule is Cc1cc(Cl)ccc1Nc1cc(C(=O)Nc2cccc(C#N)c2)ncn1. The van der Waals surface area contributed by atoms with Crippen molar-refractivity contribution in [3.8, 4) is 6.07 Å². The molecule has 0 bridgehead atoms. The molecule has 7 heteroatoms. The Morgan fingerprint density at radius 1 is 1.15 bits per heavy atom. The smallest absolute Gasteiger partial charge is 0.274 e. The molecule has 0 atom stereocenters. The Morgan fingerprint density at radius 2 is 2.00 bits per heavy atom. The molecule has 1 heterocycles. The molecule has 0 saturated carbocycles. The number of nitriles is 1. The molecule has 0 radical (unpaired) electrons. The number of hydrogen-bond acceptors (Lipinski definition) is 5. The van der Waals surface area contributed by atoms with E-state index in [0.29, 0.717) is 22.1 Å². The summed E-state index contributed by atoms with van der Waals surface area (Å²) in [5, 5.41) is 15.4. The van der Waals surface area contributed by atoms with Crippen molar-refractivity contribution in [3.63, 3.8) is 0 Å². The van der Waals surface area contributed by atoms with E-state index in [2.05, 4.69) is 20.6 Å². The number of nitrogens with zero attached hydrogens (tertiary/aromatic N) is 3. The van der Waals surface area contributed by atoms with Crippen LogP contribution < -0.4 is 10.6 Å². The van der Waals surface area contributed by atoms with Gasteiger partial charge in [-0.3, -0.25) is 4.79 Å². The van der Waals surface area contributed by atoms with Gasteiger partial charge in [-0.1, -0.05) is 17.7 Å². The number of hydrogen-bond donors (Lipinski definition) is 2. The third-order valence-electron chi connectivity index (χ3n) is 3.60. The lowest BCUT2D eigenvalue weighted by atomic mass is 10.2. The molecular formula is C19H14ClN5O. The maximum absolute atomic E-state index is 12.4. The van der Waals surface area contributed by atoms with E-state index < -0.39 is 5.91 Å². The standard InChI is InChI=1S/C19H14ClN5O/c1-12-7-14(20)5-6-16(12)25-18-9-17(22-11-23-18)19(26)24-15-4-2-3-13(8-15)10-21/h2-9,11H,1H3,(H,24,26)(H,22,23,25). The molecule has 2 aromatic carbocycles. The Bertz CT molecular complexity index is 1010. The average Bonchev–Trinajstić information content (AvgIpc) is 2.64. The summed E-state index contributed by atoms with van der Waals surface area (Å²) in [6, 6.07) is 15.7. The van der Waals surface area contributed by atoms with Crippen LogP contribution in [0.15, 0.2) is 54.9 Å². The molecule has 0 unspecified atom stereocenters. The normalized spacial score (nSPS) is 10.0. The number of carbonyl (C=O) groups is 1. The van der Waals surface area contributed by atoms with Crippen LogP contribution in [-0.2, 0) is 0 Å². The number of anilines is 3. The Morgan fingerprint density at radius 3 is 2.77 bits per heavy atom. The second kappa shape index (κ2) is 7.64. The summed E-state index contributed by atoms with van der Waals surface area (Å²) in [4.78, 5) is 20.5. The fraction of sp³-hybridized carbons (Fsp3) is 0.0526. The monoisotopic (exact) mass is 363 g/mol. The van der Waals surface area contributed by atoms with Gasteiger partial charge in [0.2, 0.25) is 0 Å². The first-order valence-electron chi connectivity index (χ1n) is 7.72. The Hall–Kier alpha value is -3.43.